The van der Waals surface area contributed by atoms with Crippen molar-refractivity contribution in [2.75, 3.05) is 17.3 Å². The maximum Gasteiger partial charge on any atom is 0.0985 e. The number of nitrogens with one attached hydrogen (secondary N) is 1. The molecule has 1 heterocycles. The van der Waals surface area contributed by atoms with Crippen molar-refractivity contribution in [3.05, 3.63) is 23.8 Å². The highest BCUT2D eigenvalue weighted by molar-refractivity contribution is 5.76. The summed E-state index contributed by atoms with van der Waals surface area (Å²) in [5.41, 5.74) is 3.91. The van der Waals surface area contributed by atoms with Crippen LogP contribution in [0.4, 0.5) is 11.4 Å². The molecular weight excluding hydrogens is 160 g/mol. The third kappa shape index (κ3) is 1.26. The van der Waals surface area contributed by atoms with Crippen molar-refractivity contribution in [2.45, 2.75) is 26.4 Å². The molecule has 1 aromatic rings. The molecule has 0 aromatic heterocycles. The Hall–Kier alpha value is -1.18. The van der Waals surface area contributed by atoms with Gasteiger partial charge in [-0.15, -0.1) is 0 Å². The molecule has 1 aromatic carbocycles. The van der Waals surface area contributed by atoms with Gasteiger partial charge in [0.15, 0.2) is 0 Å². The van der Waals surface area contributed by atoms with E-state index in [0.29, 0.717) is 6.17 Å². The topological polar surface area (TPSA) is 15.3 Å². The molecule has 0 aliphatic carbocycles. The van der Waals surface area contributed by atoms with Gasteiger partial charge in [0.2, 0.25) is 0 Å². The van der Waals surface area contributed by atoms with Crippen LogP contribution in [0.2, 0.25) is 0 Å². The van der Waals surface area contributed by atoms with Gasteiger partial charge >= 0.3 is 0 Å². The van der Waals surface area contributed by atoms with Crippen LogP contribution < -0.4 is 10.2 Å². The van der Waals surface area contributed by atoms with E-state index in [1.807, 2.05) is 0 Å². The van der Waals surface area contributed by atoms with E-state index in [4.69, 9.17) is 0 Å². The van der Waals surface area contributed by atoms with Gasteiger partial charge < -0.3 is 10.2 Å². The second-order valence-corrected chi connectivity index (χ2v) is 3.70. The van der Waals surface area contributed by atoms with Crippen LogP contribution >= 0.6 is 0 Å². The summed E-state index contributed by atoms with van der Waals surface area (Å²) < 4.78 is 0. The summed E-state index contributed by atoms with van der Waals surface area (Å²) >= 11 is 0. The molecule has 70 valence electrons. The van der Waals surface area contributed by atoms with Crippen molar-refractivity contribution in [2.24, 2.45) is 0 Å². The van der Waals surface area contributed by atoms with Crippen molar-refractivity contribution in [1.29, 1.82) is 0 Å². The molecule has 0 spiro atoms. The molecule has 0 saturated heterocycles. The van der Waals surface area contributed by atoms with Gasteiger partial charge in [0, 0.05) is 7.05 Å². The molecule has 1 N–H and O–H groups in total. The van der Waals surface area contributed by atoms with E-state index >= 15 is 0 Å². The second-order valence-electron chi connectivity index (χ2n) is 3.70. The van der Waals surface area contributed by atoms with E-state index in [0.717, 1.165) is 6.42 Å². The minimum Gasteiger partial charge on any atom is -0.364 e. The van der Waals surface area contributed by atoms with Crippen LogP contribution in [0.1, 0.15) is 18.9 Å². The first-order valence-electron chi connectivity index (χ1n) is 4.82. The lowest BCUT2D eigenvalue weighted by atomic mass is 10.2. The molecule has 0 radical (unpaired) electrons. The summed E-state index contributed by atoms with van der Waals surface area (Å²) in [5.74, 6) is 0. The first-order chi connectivity index (χ1) is 6.22. The highest BCUT2D eigenvalue weighted by Crippen LogP contribution is 2.34. The lowest BCUT2D eigenvalue weighted by Crippen LogP contribution is -2.31. The van der Waals surface area contributed by atoms with Crippen LogP contribution in [0.3, 0.4) is 0 Å². The Kier molecular flexibility index (Phi) is 1.91. The standard InChI is InChI=1S/C11H16N2/c1-4-11-12-9-6-5-8(2)7-10(9)13(11)3/h5-7,11-12H,4H2,1-3H3. The second kappa shape index (κ2) is 2.95. The number of anilines is 2. The lowest BCUT2D eigenvalue weighted by molar-refractivity contribution is 0.704. The summed E-state index contributed by atoms with van der Waals surface area (Å²) in [4.78, 5) is 2.31. The smallest absolute Gasteiger partial charge is 0.0985 e. The number of nitrogens with zero attached hydrogens (tertiary/aromatic N) is 1. The molecule has 2 rings (SSSR count). The SMILES string of the molecule is CCC1Nc2ccc(C)cc2N1C. The number of hydrogen-bond donors (Lipinski definition) is 1. The Morgan fingerprint density at radius 1 is 1.46 bits per heavy atom. The van der Waals surface area contributed by atoms with E-state index in [9.17, 15) is 0 Å². The fourth-order valence-electron chi connectivity index (χ4n) is 1.88. The number of rotatable bonds is 1. The Labute approximate surface area is 79.6 Å². The number of fused-ring (bicyclic) bond motifs is 1. The van der Waals surface area contributed by atoms with Crippen LogP contribution in [-0.4, -0.2) is 13.2 Å². The first-order valence-corrected chi connectivity index (χ1v) is 4.82. The molecule has 2 nitrogen and oxygen atoms in total. The highest BCUT2D eigenvalue weighted by Gasteiger charge is 2.23. The van der Waals surface area contributed by atoms with Crippen molar-refractivity contribution in [3.63, 3.8) is 0 Å². The van der Waals surface area contributed by atoms with Gasteiger partial charge in [-0.1, -0.05) is 13.0 Å². The summed E-state index contributed by atoms with van der Waals surface area (Å²) in [6, 6.07) is 6.55. The Balaban J connectivity index is 2.39. The molecule has 0 fully saturated rings. The summed E-state index contributed by atoms with van der Waals surface area (Å²) in [6.45, 7) is 4.33. The predicted molar refractivity (Wildman–Crippen MR) is 57.3 cm³/mol. The monoisotopic (exact) mass is 176 g/mol. The van der Waals surface area contributed by atoms with E-state index in [1.54, 1.807) is 0 Å². The predicted octanol–water partition coefficient (Wildman–Crippen LogP) is 2.59. The third-order valence-electron chi connectivity index (χ3n) is 2.71. The third-order valence-corrected chi connectivity index (χ3v) is 2.71. The lowest BCUT2D eigenvalue weighted by Gasteiger charge is -2.20. The maximum absolute atomic E-state index is 3.49. The van der Waals surface area contributed by atoms with Gasteiger partial charge in [-0.3, -0.25) is 0 Å². The van der Waals surface area contributed by atoms with Gasteiger partial charge in [-0.25, -0.2) is 0 Å². The van der Waals surface area contributed by atoms with Crippen LogP contribution in [-0.2, 0) is 0 Å². The summed E-state index contributed by atoms with van der Waals surface area (Å²) in [6.07, 6.45) is 1.60. The van der Waals surface area contributed by atoms with Crippen molar-refractivity contribution >= 4 is 11.4 Å². The fourth-order valence-corrected chi connectivity index (χ4v) is 1.88. The quantitative estimate of drug-likeness (QED) is 0.707. The number of aryl methyl sites for hydroxylation is 1. The molecule has 0 saturated carbocycles. The number of benzene rings is 1. The van der Waals surface area contributed by atoms with E-state index < -0.39 is 0 Å². The minimum atomic E-state index is 0.469. The van der Waals surface area contributed by atoms with E-state index in [-0.39, 0.29) is 0 Å². The largest absolute Gasteiger partial charge is 0.364 e. The zero-order valence-electron chi connectivity index (χ0n) is 8.46. The Bertz CT molecular complexity index is 320. The van der Waals surface area contributed by atoms with Crippen molar-refractivity contribution in [1.82, 2.24) is 0 Å². The summed E-state index contributed by atoms with van der Waals surface area (Å²) in [7, 11) is 2.15. The van der Waals surface area contributed by atoms with E-state index in [2.05, 4.69) is 49.3 Å². The van der Waals surface area contributed by atoms with Gasteiger partial charge in [0.1, 0.15) is 0 Å². The maximum atomic E-state index is 3.49. The van der Waals surface area contributed by atoms with E-state index in [1.165, 1.54) is 16.9 Å². The average Bonchev–Trinajstić information content (AvgIpc) is 2.44. The number of hydrogen-bond acceptors (Lipinski definition) is 2. The normalized spacial score (nSPS) is 19.9. The van der Waals surface area contributed by atoms with Crippen molar-refractivity contribution < 1.29 is 0 Å². The van der Waals surface area contributed by atoms with Crippen LogP contribution in [0.15, 0.2) is 18.2 Å². The molecule has 1 aliphatic heterocycles. The minimum absolute atomic E-state index is 0.469. The summed E-state index contributed by atoms with van der Waals surface area (Å²) in [5, 5.41) is 3.49. The first kappa shape index (κ1) is 8.42. The van der Waals surface area contributed by atoms with Gasteiger partial charge in [0.05, 0.1) is 17.5 Å². The molecule has 1 aliphatic rings. The van der Waals surface area contributed by atoms with Crippen molar-refractivity contribution in [3.8, 4) is 0 Å². The van der Waals surface area contributed by atoms with Crippen LogP contribution in [0.25, 0.3) is 0 Å². The zero-order chi connectivity index (χ0) is 9.42. The highest BCUT2D eigenvalue weighted by atomic mass is 15.3. The van der Waals surface area contributed by atoms with Gasteiger partial charge in [-0.05, 0) is 31.0 Å². The molecular formula is C11H16N2. The van der Waals surface area contributed by atoms with Crippen LogP contribution in [0.5, 0.6) is 0 Å². The van der Waals surface area contributed by atoms with Gasteiger partial charge in [0.25, 0.3) is 0 Å². The van der Waals surface area contributed by atoms with Crippen LogP contribution in [0, 0.1) is 6.92 Å². The van der Waals surface area contributed by atoms with Gasteiger partial charge in [-0.2, -0.15) is 0 Å². The average molecular weight is 176 g/mol. The molecule has 0 bridgehead atoms. The molecule has 0 amide bonds. The molecule has 1 atom stereocenters. The fraction of sp³-hybridized carbons (Fsp3) is 0.455. The zero-order valence-corrected chi connectivity index (χ0v) is 8.46. The molecule has 1 unspecified atom stereocenters. The Morgan fingerprint density at radius 3 is 2.92 bits per heavy atom. The molecule has 13 heavy (non-hydrogen) atoms. The Morgan fingerprint density at radius 2 is 2.23 bits per heavy atom. The molecule has 2 heteroatoms.